The summed E-state index contributed by atoms with van der Waals surface area (Å²) < 4.78 is 10.4. The summed E-state index contributed by atoms with van der Waals surface area (Å²) in [6, 6.07) is 43.4. The molecule has 2 atom stereocenters. The van der Waals surface area contributed by atoms with Gasteiger partial charge in [-0.25, -0.2) is 4.98 Å². The number of anilines is 2. The van der Waals surface area contributed by atoms with Gasteiger partial charge in [-0.3, -0.25) is 0 Å². The topological polar surface area (TPSA) is 38.1 Å². The van der Waals surface area contributed by atoms with E-state index in [9.17, 15) is 0 Å². The molecule has 52 heavy (non-hydrogen) atoms. The molecule has 10 rings (SSSR count). The molecule has 5 nitrogen and oxygen atoms in total. The number of allylic oxidation sites excluding steroid dienone is 6. The van der Waals surface area contributed by atoms with E-state index in [0.29, 0.717) is 11.8 Å². The van der Waals surface area contributed by atoms with Crippen LogP contribution in [-0.2, 0) is 0 Å². The summed E-state index contributed by atoms with van der Waals surface area (Å²) in [6.07, 6.45) is 24.2. The number of hydrogen-bond acceptors (Lipinski definition) is 3. The molecule has 0 saturated carbocycles. The van der Waals surface area contributed by atoms with E-state index in [4.69, 9.17) is 9.40 Å². The zero-order valence-corrected chi connectivity index (χ0v) is 28.6. The molecule has 5 aromatic heterocycles. The molecule has 0 spiro atoms. The van der Waals surface area contributed by atoms with E-state index in [0.717, 1.165) is 29.5 Å². The van der Waals surface area contributed by atoms with Crippen LogP contribution in [0.2, 0.25) is 0 Å². The normalized spacial score (nSPS) is 17.2. The van der Waals surface area contributed by atoms with Gasteiger partial charge in [-0.2, -0.15) is 0 Å². The lowest BCUT2D eigenvalue weighted by molar-refractivity contribution is 0.584. The van der Waals surface area contributed by atoms with E-state index in [1.54, 1.807) is 0 Å². The van der Waals surface area contributed by atoms with Crippen molar-refractivity contribution in [2.45, 2.75) is 24.8 Å². The first-order valence-corrected chi connectivity index (χ1v) is 18.0. The minimum absolute atomic E-state index is 0.172. The third-order valence-electron chi connectivity index (χ3n) is 10.5. The molecule has 3 aromatic carbocycles. The summed E-state index contributed by atoms with van der Waals surface area (Å²) >= 11 is 0. The van der Waals surface area contributed by atoms with Crippen molar-refractivity contribution in [1.82, 2.24) is 13.8 Å². The Morgan fingerprint density at radius 1 is 0.596 bits per heavy atom. The summed E-state index contributed by atoms with van der Waals surface area (Å²) in [5.41, 5.74) is 13.7. The lowest BCUT2D eigenvalue weighted by Crippen LogP contribution is -2.30. The molecule has 0 aliphatic heterocycles. The lowest BCUT2D eigenvalue weighted by Gasteiger charge is -2.33. The van der Waals surface area contributed by atoms with Gasteiger partial charge >= 0.3 is 0 Å². The van der Waals surface area contributed by atoms with Crippen LogP contribution < -0.4 is 4.90 Å². The fourth-order valence-corrected chi connectivity index (χ4v) is 7.69. The van der Waals surface area contributed by atoms with Crippen LogP contribution in [0.5, 0.6) is 0 Å². The zero-order chi connectivity index (χ0) is 34.4. The van der Waals surface area contributed by atoms with E-state index in [1.165, 1.54) is 50.2 Å². The predicted molar refractivity (Wildman–Crippen MR) is 213 cm³/mol. The van der Waals surface area contributed by atoms with Crippen LogP contribution in [0.1, 0.15) is 35.8 Å². The maximum Gasteiger partial charge on any atom is 0.226 e. The van der Waals surface area contributed by atoms with Crippen LogP contribution in [0, 0.1) is 0 Å². The molecular weight excluding hydrogens is 637 g/mol. The van der Waals surface area contributed by atoms with Gasteiger partial charge < -0.3 is 18.1 Å². The summed E-state index contributed by atoms with van der Waals surface area (Å²) in [5, 5.41) is 0. The zero-order valence-electron chi connectivity index (χ0n) is 28.6. The van der Waals surface area contributed by atoms with Gasteiger partial charge in [0, 0.05) is 69.8 Å². The van der Waals surface area contributed by atoms with Crippen molar-refractivity contribution < 1.29 is 4.42 Å². The lowest BCUT2D eigenvalue weighted by atomic mass is 9.90. The monoisotopic (exact) mass is 672 g/mol. The van der Waals surface area contributed by atoms with Gasteiger partial charge in [0.05, 0.1) is 6.04 Å². The number of hydrogen-bond donors (Lipinski definition) is 0. The molecule has 0 bridgehead atoms. The molecule has 0 saturated heterocycles. The van der Waals surface area contributed by atoms with Crippen molar-refractivity contribution in [1.29, 1.82) is 0 Å². The molecule has 0 fully saturated rings. The number of pyridine rings is 2. The van der Waals surface area contributed by atoms with Crippen LogP contribution in [0.15, 0.2) is 187 Å². The highest BCUT2D eigenvalue weighted by molar-refractivity contribution is 5.81. The predicted octanol–water partition coefficient (Wildman–Crippen LogP) is 11.7. The van der Waals surface area contributed by atoms with Gasteiger partial charge in [0.15, 0.2) is 5.58 Å². The minimum atomic E-state index is 0.172. The van der Waals surface area contributed by atoms with Gasteiger partial charge in [-0.15, -0.1) is 0 Å². The first kappa shape index (κ1) is 30.3. The Hall–Kier alpha value is -6.59. The van der Waals surface area contributed by atoms with E-state index >= 15 is 0 Å². The fraction of sp³-hybridized carbons (Fsp3) is 0.0851. The van der Waals surface area contributed by atoms with Crippen molar-refractivity contribution in [2.24, 2.45) is 0 Å². The molecule has 250 valence electrons. The average molecular weight is 673 g/mol. The molecule has 5 heteroatoms. The number of para-hydroxylation sites is 2. The second-order valence-corrected chi connectivity index (χ2v) is 13.7. The number of benzene rings is 3. The third kappa shape index (κ3) is 5.57. The molecule has 0 radical (unpaired) electrons. The van der Waals surface area contributed by atoms with Crippen molar-refractivity contribution in [3.63, 3.8) is 0 Å². The van der Waals surface area contributed by atoms with Crippen LogP contribution in [-0.4, -0.2) is 19.8 Å². The Morgan fingerprint density at radius 2 is 1.25 bits per heavy atom. The highest BCUT2D eigenvalue weighted by atomic mass is 16.3. The number of fused-ring (bicyclic) bond motifs is 3. The summed E-state index contributed by atoms with van der Waals surface area (Å²) in [6.45, 7) is 0. The van der Waals surface area contributed by atoms with Crippen molar-refractivity contribution >= 4 is 44.7 Å². The smallest absolute Gasteiger partial charge is 0.226 e. The first-order valence-electron chi connectivity index (χ1n) is 18.0. The highest BCUT2D eigenvalue weighted by Gasteiger charge is 2.22. The maximum atomic E-state index is 6.03. The minimum Gasteiger partial charge on any atom is -0.436 e. The Bertz CT molecular complexity index is 2600. The Labute approximate surface area is 302 Å². The Morgan fingerprint density at radius 3 is 1.92 bits per heavy atom. The number of nitrogens with zero attached hydrogens (tertiary/aromatic N) is 4. The van der Waals surface area contributed by atoms with Crippen LogP contribution in [0.25, 0.3) is 44.4 Å². The number of oxazole rings is 1. The molecule has 2 aliphatic carbocycles. The average Bonchev–Trinajstić information content (AvgIpc) is 3.96. The van der Waals surface area contributed by atoms with E-state index in [-0.39, 0.29) is 6.04 Å². The van der Waals surface area contributed by atoms with E-state index in [1.807, 2.05) is 24.3 Å². The molecule has 2 unspecified atom stereocenters. The van der Waals surface area contributed by atoms with Crippen LogP contribution >= 0.6 is 0 Å². The highest BCUT2D eigenvalue weighted by Crippen LogP contribution is 2.37. The summed E-state index contributed by atoms with van der Waals surface area (Å²) in [5.74, 6) is 0.979. The number of aromatic nitrogens is 3. The van der Waals surface area contributed by atoms with Gasteiger partial charge in [0.25, 0.3) is 0 Å². The molecule has 8 aromatic rings. The molecule has 2 aliphatic rings. The summed E-state index contributed by atoms with van der Waals surface area (Å²) in [7, 11) is 0. The largest absolute Gasteiger partial charge is 0.436 e. The van der Waals surface area contributed by atoms with Crippen LogP contribution in [0.4, 0.5) is 11.4 Å². The maximum absolute atomic E-state index is 6.03. The second kappa shape index (κ2) is 12.6. The Balaban J connectivity index is 0.929. The van der Waals surface area contributed by atoms with Crippen molar-refractivity contribution in [3.05, 3.63) is 200 Å². The number of rotatable bonds is 7. The van der Waals surface area contributed by atoms with Crippen molar-refractivity contribution in [2.75, 3.05) is 4.90 Å². The van der Waals surface area contributed by atoms with Gasteiger partial charge in [-0.1, -0.05) is 85.0 Å². The molecular formula is C47H36N4O. The molecule has 5 heterocycles. The van der Waals surface area contributed by atoms with E-state index < -0.39 is 0 Å². The first-order chi connectivity index (χ1) is 25.7. The van der Waals surface area contributed by atoms with E-state index in [2.05, 4.69) is 172 Å². The quantitative estimate of drug-likeness (QED) is 0.169. The molecule has 0 amide bonds. The third-order valence-corrected chi connectivity index (χ3v) is 10.5. The SMILES string of the molecule is C1=CC(N(c2ccc(-c3cc4ccccn4c3)cc2)c2ccc(C3C=CC(c4nc5ccccc5o4)=CC3)cc2)CC=C1c1cc2ccccn2c1. The van der Waals surface area contributed by atoms with Crippen LogP contribution in [0.3, 0.4) is 0 Å². The standard InChI is InChI=1S/C47H36N4O/c1-2-10-46-45(9-1)48-47(52-46)37-13-11-33(12-14-37)34-15-21-40(22-16-34)51(41-23-17-35(18-24-41)38-29-43-7-3-5-27-49(43)31-38)42-25-19-36(20-26-42)39-30-44-8-4-6-28-50(44)32-39/h1-11,13-25,27-33,42H,12,26H2. The van der Waals surface area contributed by atoms with Gasteiger partial charge in [0.1, 0.15) is 5.52 Å². The second-order valence-electron chi connectivity index (χ2n) is 13.7. The fourth-order valence-electron chi connectivity index (χ4n) is 7.69. The summed E-state index contributed by atoms with van der Waals surface area (Å²) in [4.78, 5) is 7.18. The Kier molecular flexibility index (Phi) is 7.35. The van der Waals surface area contributed by atoms with Gasteiger partial charge in [-0.05, 0) is 102 Å². The van der Waals surface area contributed by atoms with Crippen molar-refractivity contribution in [3.8, 4) is 11.1 Å². The van der Waals surface area contributed by atoms with Gasteiger partial charge in [0.2, 0.25) is 5.89 Å². The molecule has 0 N–H and O–H groups in total.